The fraction of sp³-hybridized carbons (Fsp3) is 1.00. The van der Waals surface area contributed by atoms with Crippen molar-refractivity contribution in [3.8, 4) is 0 Å². The molecule has 0 radical (unpaired) electrons. The van der Waals surface area contributed by atoms with E-state index in [1.807, 2.05) is 0 Å². The van der Waals surface area contributed by atoms with Crippen LogP contribution in [0.3, 0.4) is 0 Å². The topological polar surface area (TPSA) is 76.7 Å². The Bertz CT molecular complexity index is 58.0. The molecule has 0 rings (SSSR count). The molecule has 0 unspecified atom stereocenters. The van der Waals surface area contributed by atoms with Crippen LogP contribution in [0.4, 0.5) is 0 Å². The largest absolute Gasteiger partial charge is 0.782 e. The van der Waals surface area contributed by atoms with Gasteiger partial charge >= 0.3 is 0 Å². The second-order valence-corrected chi connectivity index (χ2v) is 1.12. The van der Waals surface area contributed by atoms with Crippen LogP contribution in [0, 0.1) is 10.4 Å². The molecule has 0 fully saturated rings. The van der Waals surface area contributed by atoms with Crippen molar-refractivity contribution >= 4 is 0 Å². The molecule has 8 heavy (non-hydrogen) atoms. The van der Waals surface area contributed by atoms with E-state index in [4.69, 9.17) is 0 Å². The molecule has 0 saturated heterocycles. The summed E-state index contributed by atoms with van der Waals surface area (Å²) in [7, 11) is 2.83. The van der Waals surface area contributed by atoms with Crippen molar-refractivity contribution in [2.24, 2.45) is 0 Å². The second-order valence-electron chi connectivity index (χ2n) is 1.12. The predicted octanol–water partition coefficient (Wildman–Crippen LogP) is -1.23. The van der Waals surface area contributed by atoms with Gasteiger partial charge in [-0.05, 0) is 7.05 Å². The van der Waals surface area contributed by atoms with E-state index in [1.54, 1.807) is 7.05 Å². The maximum atomic E-state index is 9.72. The molecule has 0 aliphatic rings. The molecule has 6 heteroatoms. The molecule has 0 aromatic rings. The lowest BCUT2D eigenvalue weighted by Crippen LogP contribution is -2.48. The van der Waals surface area contributed by atoms with Crippen LogP contribution in [0.2, 0.25) is 0 Å². The summed E-state index contributed by atoms with van der Waals surface area (Å²) in [4.78, 5) is 0. The Morgan fingerprint density at radius 1 is 1.38 bits per heavy atom. The Labute approximate surface area is 47.1 Å². The monoisotopic (exact) mass is 120 g/mol. The molecular formula is C2H8N4O2-2. The van der Waals surface area contributed by atoms with Gasteiger partial charge in [0, 0.05) is 7.05 Å². The summed E-state index contributed by atoms with van der Waals surface area (Å²) in [5.74, 6) is 0. The summed E-state index contributed by atoms with van der Waals surface area (Å²) in [6.07, 6.45) is 0. The molecule has 0 amide bonds. The van der Waals surface area contributed by atoms with Crippen molar-refractivity contribution < 1.29 is 0 Å². The number of nitrogens with one attached hydrogen (secondary N) is 2. The third-order valence-electron chi connectivity index (χ3n) is 0.519. The molecule has 6 nitrogen and oxygen atoms in total. The average molecular weight is 120 g/mol. The van der Waals surface area contributed by atoms with E-state index in [2.05, 4.69) is 11.0 Å². The normalized spacial score (nSPS) is 11.2. The van der Waals surface area contributed by atoms with E-state index < -0.39 is 5.34 Å². The quantitative estimate of drug-likeness (QED) is 0.454. The zero-order chi connectivity index (χ0) is 6.57. The number of rotatable bonds is 3. The van der Waals surface area contributed by atoms with Gasteiger partial charge in [-0.3, -0.25) is 0 Å². The minimum Gasteiger partial charge on any atom is -0.782 e. The molecule has 50 valence electrons. The van der Waals surface area contributed by atoms with Crippen LogP contribution in [0.15, 0.2) is 0 Å². The van der Waals surface area contributed by atoms with Crippen LogP contribution >= 0.6 is 0 Å². The van der Waals surface area contributed by atoms with E-state index in [1.165, 1.54) is 7.05 Å². The molecule has 0 spiro atoms. The zero-order valence-electron chi connectivity index (χ0n) is 4.71. The Kier molecular flexibility index (Phi) is 3.61. The van der Waals surface area contributed by atoms with E-state index in [9.17, 15) is 10.4 Å². The lowest BCUT2D eigenvalue weighted by atomic mass is 11.4. The van der Waals surface area contributed by atoms with Crippen LogP contribution < -0.4 is 11.0 Å². The van der Waals surface area contributed by atoms with Gasteiger partial charge < -0.3 is 15.8 Å². The van der Waals surface area contributed by atoms with E-state index >= 15 is 0 Å². The Balaban J connectivity index is 3.17. The minimum atomic E-state index is -0.587. The summed E-state index contributed by atoms with van der Waals surface area (Å²) in [6, 6.07) is 0. The van der Waals surface area contributed by atoms with Gasteiger partial charge in [-0.25, -0.2) is 5.43 Å². The molecule has 0 bridgehead atoms. The molecule has 0 aromatic carbocycles. The standard InChI is InChI=1S/C2H8N4O2/c1-3-4-5(2)6(7)8/h3-4H,1-2H3/q-2. The molecule has 0 saturated carbocycles. The summed E-state index contributed by atoms with van der Waals surface area (Å²) in [5, 5.41) is 19.6. The zero-order valence-corrected chi connectivity index (χ0v) is 4.71. The van der Waals surface area contributed by atoms with Crippen LogP contribution in [0.5, 0.6) is 0 Å². The molecule has 0 atom stereocenters. The highest BCUT2D eigenvalue weighted by Crippen LogP contribution is 1.77. The Morgan fingerprint density at radius 3 is 2.00 bits per heavy atom. The van der Waals surface area contributed by atoms with Crippen molar-refractivity contribution in [3.63, 3.8) is 0 Å². The van der Waals surface area contributed by atoms with Gasteiger partial charge in [-0.1, -0.05) is 0 Å². The lowest BCUT2D eigenvalue weighted by molar-refractivity contribution is 0.0238. The maximum Gasteiger partial charge on any atom is 0.0170 e. The molecule has 0 heterocycles. The van der Waals surface area contributed by atoms with E-state index in [0.29, 0.717) is 5.12 Å². The predicted molar refractivity (Wildman–Crippen MR) is 28.5 cm³/mol. The Hall–Kier alpha value is -0.240. The van der Waals surface area contributed by atoms with Crippen LogP contribution in [-0.4, -0.2) is 24.5 Å². The van der Waals surface area contributed by atoms with Gasteiger partial charge in [-0.15, -0.1) is 0 Å². The van der Waals surface area contributed by atoms with Gasteiger partial charge in [0.05, 0.1) is 0 Å². The Morgan fingerprint density at radius 2 is 1.88 bits per heavy atom. The summed E-state index contributed by atoms with van der Waals surface area (Å²) >= 11 is 0. The number of nitrogens with zero attached hydrogens (tertiary/aromatic N) is 2. The van der Waals surface area contributed by atoms with Crippen LogP contribution in [0.1, 0.15) is 0 Å². The first-order chi connectivity index (χ1) is 3.68. The summed E-state index contributed by atoms with van der Waals surface area (Å²) in [5.41, 5.74) is 4.61. The van der Waals surface area contributed by atoms with Crippen molar-refractivity contribution in [1.82, 2.24) is 21.4 Å². The first-order valence-electron chi connectivity index (χ1n) is 1.99. The lowest BCUT2D eigenvalue weighted by Gasteiger charge is -2.42. The smallest absolute Gasteiger partial charge is 0.0170 e. The number of hydrogen-bond acceptors (Lipinski definition) is 6. The van der Waals surface area contributed by atoms with Crippen molar-refractivity contribution in [2.75, 3.05) is 14.1 Å². The molecule has 2 N–H and O–H groups in total. The van der Waals surface area contributed by atoms with Gasteiger partial charge in [0.15, 0.2) is 0 Å². The summed E-state index contributed by atoms with van der Waals surface area (Å²) in [6.45, 7) is 0. The first kappa shape index (κ1) is 7.76. The van der Waals surface area contributed by atoms with Crippen LogP contribution in [0.25, 0.3) is 0 Å². The molecule has 0 aromatic heterocycles. The highest BCUT2D eigenvalue weighted by atomic mass is 16.8. The maximum absolute atomic E-state index is 9.72. The number of hydrogen-bond donors (Lipinski definition) is 2. The third kappa shape index (κ3) is 2.86. The molecule has 0 aliphatic heterocycles. The first-order valence-corrected chi connectivity index (χ1v) is 1.99. The van der Waals surface area contributed by atoms with Gasteiger partial charge in [0.2, 0.25) is 0 Å². The fourth-order valence-corrected chi connectivity index (χ4v) is 0.203. The van der Waals surface area contributed by atoms with Crippen molar-refractivity contribution in [1.29, 1.82) is 0 Å². The molecular weight excluding hydrogens is 112 g/mol. The minimum absolute atomic E-state index is 0.587. The van der Waals surface area contributed by atoms with E-state index in [-0.39, 0.29) is 0 Å². The SMILES string of the molecule is CNNN(C)N([O-])[O-]. The fourth-order valence-electron chi connectivity index (χ4n) is 0.203. The highest BCUT2D eigenvalue weighted by Gasteiger charge is 1.82. The van der Waals surface area contributed by atoms with Gasteiger partial charge in [-0.2, -0.15) is 10.7 Å². The third-order valence-corrected chi connectivity index (χ3v) is 0.519. The summed E-state index contributed by atoms with van der Waals surface area (Å²) < 4.78 is 0. The van der Waals surface area contributed by atoms with Crippen molar-refractivity contribution in [2.45, 2.75) is 0 Å². The second kappa shape index (κ2) is 3.72. The number of hydrazine groups is 3. The highest BCUT2D eigenvalue weighted by molar-refractivity contribution is 4.44. The van der Waals surface area contributed by atoms with Crippen LogP contribution in [-0.2, 0) is 0 Å². The van der Waals surface area contributed by atoms with Gasteiger partial charge in [0.1, 0.15) is 0 Å². The average Bonchev–Trinajstić information content (AvgIpc) is 1.67. The van der Waals surface area contributed by atoms with E-state index in [0.717, 1.165) is 0 Å². The molecule has 0 aliphatic carbocycles. The van der Waals surface area contributed by atoms with Gasteiger partial charge in [0.25, 0.3) is 0 Å². The van der Waals surface area contributed by atoms with Crippen molar-refractivity contribution in [3.05, 3.63) is 10.4 Å².